The molecule has 1 amide bonds. The highest BCUT2D eigenvalue weighted by Gasteiger charge is 2.17. The number of rotatable bonds is 8. The highest BCUT2D eigenvalue weighted by molar-refractivity contribution is 6.31. The quantitative estimate of drug-likeness (QED) is 0.507. The van der Waals surface area contributed by atoms with E-state index in [1.165, 1.54) is 31.5 Å². The van der Waals surface area contributed by atoms with Gasteiger partial charge in [-0.2, -0.15) is 0 Å². The van der Waals surface area contributed by atoms with Crippen molar-refractivity contribution in [2.45, 2.75) is 38.6 Å². The van der Waals surface area contributed by atoms with Crippen LogP contribution in [-0.4, -0.2) is 42.8 Å². The van der Waals surface area contributed by atoms with E-state index >= 15 is 0 Å². The molecule has 1 saturated heterocycles. The van der Waals surface area contributed by atoms with Crippen LogP contribution in [0.5, 0.6) is 11.5 Å². The molecule has 0 radical (unpaired) electrons. The highest BCUT2D eigenvalue weighted by Crippen LogP contribution is 2.32. The number of carbonyl (C=O) groups excluding carboxylic acids is 1. The van der Waals surface area contributed by atoms with Gasteiger partial charge >= 0.3 is 0 Å². The van der Waals surface area contributed by atoms with Crippen molar-refractivity contribution >= 4 is 39.8 Å². The predicted molar refractivity (Wildman–Crippen MR) is 134 cm³/mol. The molecule has 180 valence electrons. The number of hydrogen-bond donors (Lipinski definition) is 1. The maximum Gasteiger partial charge on any atom is 0.261 e. The van der Waals surface area contributed by atoms with Crippen molar-refractivity contribution in [2.75, 3.05) is 37.5 Å². The molecule has 1 aliphatic rings. The average molecular weight is 485 g/mol. The molecule has 3 aromatic rings. The Labute approximate surface area is 203 Å². The fourth-order valence-corrected chi connectivity index (χ4v) is 4.46. The number of fused-ring (bicyclic) bond motifs is 1. The standard InChI is InChI=1S/C25H29ClN4O4/c1-33-22-14-18-19(15-23(22)34-2)27-16-30(25(18)32)12-6-7-24(31)28-20-13-17(26)8-9-21(20)29-10-4-3-5-11-29/h8-9,13-16H,3-7,10-12H2,1-2H3,(H,28,31). The lowest BCUT2D eigenvalue weighted by Crippen LogP contribution is -2.30. The molecule has 1 aromatic heterocycles. The molecule has 0 spiro atoms. The number of nitrogens with zero attached hydrogens (tertiary/aromatic N) is 3. The average Bonchev–Trinajstić information content (AvgIpc) is 2.85. The summed E-state index contributed by atoms with van der Waals surface area (Å²) < 4.78 is 12.1. The third-order valence-electron chi connectivity index (χ3n) is 6.06. The van der Waals surface area contributed by atoms with Crippen molar-refractivity contribution in [3.8, 4) is 11.5 Å². The fraction of sp³-hybridized carbons (Fsp3) is 0.400. The van der Waals surface area contributed by atoms with Gasteiger partial charge in [0.1, 0.15) is 0 Å². The molecule has 0 atom stereocenters. The fourth-order valence-electron chi connectivity index (χ4n) is 4.29. The molecule has 2 heterocycles. The lowest BCUT2D eigenvalue weighted by Gasteiger charge is -2.30. The van der Waals surface area contributed by atoms with Gasteiger partial charge in [-0.05, 0) is 49.9 Å². The lowest BCUT2D eigenvalue weighted by atomic mass is 10.1. The van der Waals surface area contributed by atoms with Crippen LogP contribution < -0.4 is 25.2 Å². The number of benzene rings is 2. The van der Waals surface area contributed by atoms with Gasteiger partial charge in [-0.1, -0.05) is 11.6 Å². The van der Waals surface area contributed by atoms with Gasteiger partial charge in [0, 0.05) is 37.1 Å². The summed E-state index contributed by atoms with van der Waals surface area (Å²) in [5.74, 6) is 0.868. The summed E-state index contributed by atoms with van der Waals surface area (Å²) in [6.07, 6.45) is 5.77. The molecule has 2 aromatic carbocycles. The molecule has 8 nitrogen and oxygen atoms in total. The maximum absolute atomic E-state index is 12.9. The van der Waals surface area contributed by atoms with E-state index in [1.54, 1.807) is 18.2 Å². The van der Waals surface area contributed by atoms with Crippen molar-refractivity contribution in [3.63, 3.8) is 0 Å². The predicted octanol–water partition coefficient (Wildman–Crippen LogP) is 4.48. The minimum Gasteiger partial charge on any atom is -0.493 e. The summed E-state index contributed by atoms with van der Waals surface area (Å²) in [6.45, 7) is 2.32. The number of aromatic nitrogens is 2. The number of halogens is 1. The number of hydrogen-bond acceptors (Lipinski definition) is 6. The van der Waals surface area contributed by atoms with Crippen LogP contribution in [0.3, 0.4) is 0 Å². The topological polar surface area (TPSA) is 85.7 Å². The largest absolute Gasteiger partial charge is 0.493 e. The Hall–Kier alpha value is -3.26. The van der Waals surface area contributed by atoms with Gasteiger partial charge in [-0.15, -0.1) is 0 Å². The third-order valence-corrected chi connectivity index (χ3v) is 6.30. The molecule has 1 fully saturated rings. The van der Waals surface area contributed by atoms with E-state index in [0.717, 1.165) is 37.3 Å². The number of anilines is 2. The first-order chi connectivity index (χ1) is 16.5. The highest BCUT2D eigenvalue weighted by atomic mass is 35.5. The Morgan fingerprint density at radius 3 is 2.56 bits per heavy atom. The van der Waals surface area contributed by atoms with Crippen LogP contribution in [0.15, 0.2) is 41.5 Å². The van der Waals surface area contributed by atoms with Gasteiger partial charge in [0.25, 0.3) is 5.56 Å². The normalized spacial score (nSPS) is 13.7. The molecular weight excluding hydrogens is 456 g/mol. The number of nitrogens with one attached hydrogen (secondary N) is 1. The summed E-state index contributed by atoms with van der Waals surface area (Å²) in [7, 11) is 3.06. The number of piperidine rings is 1. The van der Waals surface area contributed by atoms with Crippen LogP contribution in [0.25, 0.3) is 10.9 Å². The first-order valence-electron chi connectivity index (χ1n) is 11.5. The second-order valence-electron chi connectivity index (χ2n) is 8.33. The molecule has 9 heteroatoms. The lowest BCUT2D eigenvalue weighted by molar-refractivity contribution is -0.116. The van der Waals surface area contributed by atoms with Gasteiger partial charge in [0.2, 0.25) is 5.91 Å². The molecule has 0 unspecified atom stereocenters. The minimum atomic E-state index is -0.186. The van der Waals surface area contributed by atoms with Gasteiger partial charge in [-0.25, -0.2) is 4.98 Å². The van der Waals surface area contributed by atoms with E-state index in [-0.39, 0.29) is 17.9 Å². The Morgan fingerprint density at radius 2 is 1.82 bits per heavy atom. The summed E-state index contributed by atoms with van der Waals surface area (Å²) in [6, 6.07) is 8.92. The van der Waals surface area contributed by atoms with Crippen molar-refractivity contribution in [2.24, 2.45) is 0 Å². The molecule has 1 N–H and O–H groups in total. The van der Waals surface area contributed by atoms with E-state index in [9.17, 15) is 9.59 Å². The van der Waals surface area contributed by atoms with Crippen LogP contribution in [0.4, 0.5) is 11.4 Å². The van der Waals surface area contributed by atoms with Crippen molar-refractivity contribution in [1.82, 2.24) is 9.55 Å². The van der Waals surface area contributed by atoms with Crippen molar-refractivity contribution in [3.05, 3.63) is 52.0 Å². The Kier molecular flexibility index (Phi) is 7.57. The van der Waals surface area contributed by atoms with Crippen LogP contribution in [0.2, 0.25) is 5.02 Å². The second-order valence-corrected chi connectivity index (χ2v) is 8.76. The van der Waals surface area contributed by atoms with Gasteiger partial charge in [0.05, 0.1) is 42.8 Å². The van der Waals surface area contributed by atoms with E-state index in [4.69, 9.17) is 21.1 Å². The SMILES string of the molecule is COc1cc2ncn(CCCC(=O)Nc3cc(Cl)ccc3N3CCCCC3)c(=O)c2cc1OC. The van der Waals surface area contributed by atoms with E-state index in [1.807, 2.05) is 12.1 Å². The molecule has 1 aliphatic heterocycles. The number of amides is 1. The number of ether oxygens (including phenoxy) is 2. The smallest absolute Gasteiger partial charge is 0.261 e. The van der Waals surface area contributed by atoms with E-state index < -0.39 is 0 Å². The zero-order valence-corrected chi connectivity index (χ0v) is 20.2. The molecular formula is C25H29ClN4O4. The molecule has 0 bridgehead atoms. The molecule has 0 saturated carbocycles. The minimum absolute atomic E-state index is 0.117. The number of aryl methyl sites for hydroxylation is 1. The summed E-state index contributed by atoms with van der Waals surface area (Å²) in [4.78, 5) is 32.3. The summed E-state index contributed by atoms with van der Waals surface area (Å²) in [5.41, 5.74) is 2.07. The van der Waals surface area contributed by atoms with Gasteiger partial charge in [-0.3, -0.25) is 14.2 Å². The Balaban J connectivity index is 1.42. The monoisotopic (exact) mass is 484 g/mol. The number of methoxy groups -OCH3 is 2. The maximum atomic E-state index is 12.9. The van der Waals surface area contributed by atoms with E-state index in [2.05, 4.69) is 15.2 Å². The molecule has 34 heavy (non-hydrogen) atoms. The van der Waals surface area contributed by atoms with Gasteiger partial charge in [0.15, 0.2) is 11.5 Å². The van der Waals surface area contributed by atoms with Crippen molar-refractivity contribution < 1.29 is 14.3 Å². The first kappa shape index (κ1) is 23.9. The van der Waals surface area contributed by atoms with Gasteiger partial charge < -0.3 is 19.7 Å². The Morgan fingerprint density at radius 1 is 1.09 bits per heavy atom. The zero-order valence-electron chi connectivity index (χ0n) is 19.5. The third kappa shape index (κ3) is 5.28. The Bertz CT molecular complexity index is 1240. The second kappa shape index (κ2) is 10.8. The van der Waals surface area contributed by atoms with Crippen LogP contribution >= 0.6 is 11.6 Å². The molecule has 0 aliphatic carbocycles. The van der Waals surface area contributed by atoms with Crippen molar-refractivity contribution in [1.29, 1.82) is 0 Å². The first-order valence-corrected chi connectivity index (χ1v) is 11.8. The van der Waals surface area contributed by atoms with Crippen LogP contribution in [0.1, 0.15) is 32.1 Å². The van der Waals surface area contributed by atoms with Crippen LogP contribution in [-0.2, 0) is 11.3 Å². The summed E-state index contributed by atoms with van der Waals surface area (Å²) >= 11 is 6.20. The summed E-state index contributed by atoms with van der Waals surface area (Å²) in [5, 5.41) is 4.03. The van der Waals surface area contributed by atoms with E-state index in [0.29, 0.717) is 40.4 Å². The number of carbonyl (C=O) groups is 1. The van der Waals surface area contributed by atoms with Crippen LogP contribution in [0, 0.1) is 0 Å². The molecule has 4 rings (SSSR count). The zero-order chi connectivity index (χ0) is 24.1.